The van der Waals surface area contributed by atoms with E-state index in [2.05, 4.69) is 0 Å². The van der Waals surface area contributed by atoms with Crippen molar-refractivity contribution in [1.82, 2.24) is 4.90 Å². The SMILES string of the molecule is CC1(C)CC(=O)C(C(=O)C(F)(F)C(F)(F)F)=C(N2CCCCC2)C1. The van der Waals surface area contributed by atoms with Crippen molar-refractivity contribution in [2.75, 3.05) is 13.1 Å². The minimum Gasteiger partial charge on any atom is -0.374 e. The number of Topliss-reactive ketones (excluding diaryl/α,β-unsaturated/α-hetero) is 2. The number of halogens is 5. The largest absolute Gasteiger partial charge is 0.461 e. The minimum absolute atomic E-state index is 0.0462. The van der Waals surface area contributed by atoms with E-state index in [-0.39, 0.29) is 18.5 Å². The first-order valence-corrected chi connectivity index (χ1v) is 7.87. The molecule has 1 heterocycles. The molecule has 1 aliphatic carbocycles. The molecule has 0 atom stereocenters. The van der Waals surface area contributed by atoms with Gasteiger partial charge < -0.3 is 4.90 Å². The standard InChI is InChI=1S/C16H20F5NO2/c1-14(2)8-10(22-6-4-3-5-7-22)12(11(23)9-14)13(24)15(17,18)16(19,20)21/h3-9H2,1-2H3. The van der Waals surface area contributed by atoms with Crippen LogP contribution in [0.5, 0.6) is 0 Å². The van der Waals surface area contributed by atoms with Crippen LogP contribution in [0.25, 0.3) is 0 Å². The van der Waals surface area contributed by atoms with Crippen molar-refractivity contribution in [3.63, 3.8) is 0 Å². The fraction of sp³-hybridized carbons (Fsp3) is 0.750. The van der Waals surface area contributed by atoms with Gasteiger partial charge in [-0.05, 0) is 31.1 Å². The van der Waals surface area contributed by atoms with Gasteiger partial charge in [0.1, 0.15) is 0 Å². The smallest absolute Gasteiger partial charge is 0.374 e. The van der Waals surface area contributed by atoms with E-state index in [1.165, 1.54) is 0 Å². The number of allylic oxidation sites excluding steroid dienone is 2. The first kappa shape index (κ1) is 18.9. The summed E-state index contributed by atoms with van der Waals surface area (Å²) < 4.78 is 64.8. The first-order valence-electron chi connectivity index (χ1n) is 7.87. The van der Waals surface area contributed by atoms with Crippen molar-refractivity contribution in [2.45, 2.75) is 58.1 Å². The number of carbonyl (C=O) groups excluding carboxylic acids is 2. The van der Waals surface area contributed by atoms with Crippen LogP contribution >= 0.6 is 0 Å². The maximum Gasteiger partial charge on any atom is 0.461 e. The van der Waals surface area contributed by atoms with Crippen molar-refractivity contribution >= 4 is 11.6 Å². The van der Waals surface area contributed by atoms with E-state index < -0.39 is 34.7 Å². The number of rotatable bonds is 3. The van der Waals surface area contributed by atoms with Crippen LogP contribution in [0.4, 0.5) is 22.0 Å². The van der Waals surface area contributed by atoms with E-state index in [0.29, 0.717) is 13.1 Å². The van der Waals surface area contributed by atoms with Gasteiger partial charge in [0, 0.05) is 25.2 Å². The Hall–Kier alpha value is -1.47. The second-order valence-electron chi connectivity index (χ2n) is 7.21. The Kier molecular flexibility index (Phi) is 4.80. The third kappa shape index (κ3) is 3.47. The van der Waals surface area contributed by atoms with Gasteiger partial charge in [-0.15, -0.1) is 0 Å². The van der Waals surface area contributed by atoms with Gasteiger partial charge in [-0.3, -0.25) is 9.59 Å². The van der Waals surface area contributed by atoms with Gasteiger partial charge in [0.25, 0.3) is 0 Å². The lowest BCUT2D eigenvalue weighted by Crippen LogP contribution is -2.48. The molecule has 1 saturated heterocycles. The zero-order valence-electron chi connectivity index (χ0n) is 13.6. The summed E-state index contributed by atoms with van der Waals surface area (Å²) in [5.41, 5.74) is -1.50. The molecule has 0 spiro atoms. The van der Waals surface area contributed by atoms with E-state index in [0.717, 1.165) is 19.3 Å². The molecule has 1 fully saturated rings. The maximum absolute atomic E-state index is 13.5. The Labute approximate surface area is 136 Å². The summed E-state index contributed by atoms with van der Waals surface area (Å²) >= 11 is 0. The number of alkyl halides is 5. The van der Waals surface area contributed by atoms with Crippen LogP contribution in [0, 0.1) is 5.41 Å². The van der Waals surface area contributed by atoms with Crippen molar-refractivity contribution in [3.8, 4) is 0 Å². The number of hydrogen-bond donors (Lipinski definition) is 0. The van der Waals surface area contributed by atoms with E-state index in [4.69, 9.17) is 0 Å². The molecule has 0 saturated carbocycles. The van der Waals surface area contributed by atoms with Crippen LogP contribution in [0.3, 0.4) is 0 Å². The van der Waals surface area contributed by atoms with E-state index >= 15 is 0 Å². The average molecular weight is 353 g/mol. The summed E-state index contributed by atoms with van der Waals surface area (Å²) in [6.07, 6.45) is -3.70. The Morgan fingerprint density at radius 1 is 1.00 bits per heavy atom. The van der Waals surface area contributed by atoms with E-state index in [9.17, 15) is 31.5 Å². The van der Waals surface area contributed by atoms with Gasteiger partial charge in [-0.25, -0.2) is 0 Å². The average Bonchev–Trinajstić information content (AvgIpc) is 2.44. The monoisotopic (exact) mass is 353 g/mol. The zero-order chi connectivity index (χ0) is 18.3. The van der Waals surface area contributed by atoms with Gasteiger partial charge in [0.15, 0.2) is 5.78 Å². The van der Waals surface area contributed by atoms with Gasteiger partial charge in [-0.2, -0.15) is 22.0 Å². The fourth-order valence-electron chi connectivity index (χ4n) is 3.27. The topological polar surface area (TPSA) is 37.4 Å². The van der Waals surface area contributed by atoms with Crippen LogP contribution in [-0.2, 0) is 9.59 Å². The molecule has 136 valence electrons. The molecule has 0 bridgehead atoms. The summed E-state index contributed by atoms with van der Waals surface area (Å²) in [6.45, 7) is 4.37. The zero-order valence-corrected chi connectivity index (χ0v) is 13.6. The molecular weight excluding hydrogens is 333 g/mol. The van der Waals surface area contributed by atoms with Crippen LogP contribution < -0.4 is 0 Å². The van der Waals surface area contributed by atoms with Gasteiger partial charge in [0.05, 0.1) is 5.57 Å². The summed E-state index contributed by atoms with van der Waals surface area (Å²) in [7, 11) is 0. The van der Waals surface area contributed by atoms with E-state index in [1.54, 1.807) is 18.7 Å². The Balaban J connectivity index is 2.52. The molecule has 0 unspecified atom stereocenters. The molecule has 2 rings (SSSR count). The van der Waals surface area contributed by atoms with Crippen molar-refractivity contribution in [2.24, 2.45) is 5.41 Å². The third-order valence-corrected chi connectivity index (χ3v) is 4.46. The summed E-state index contributed by atoms with van der Waals surface area (Å²) in [4.78, 5) is 25.9. The second kappa shape index (κ2) is 6.11. The molecule has 0 radical (unpaired) electrons. The lowest BCUT2D eigenvalue weighted by Gasteiger charge is -2.40. The molecule has 0 aromatic carbocycles. The Bertz CT molecular complexity index is 572. The number of nitrogens with zero attached hydrogens (tertiary/aromatic N) is 1. The first-order chi connectivity index (χ1) is 10.9. The van der Waals surface area contributed by atoms with Gasteiger partial charge in [0.2, 0.25) is 5.78 Å². The van der Waals surface area contributed by atoms with Crippen molar-refractivity contribution < 1.29 is 31.5 Å². The Morgan fingerprint density at radius 3 is 2.04 bits per heavy atom. The van der Waals surface area contributed by atoms with Crippen LogP contribution in [0.1, 0.15) is 46.0 Å². The normalized spacial score (nSPS) is 22.8. The number of hydrogen-bond acceptors (Lipinski definition) is 3. The van der Waals surface area contributed by atoms with Gasteiger partial charge in [-0.1, -0.05) is 13.8 Å². The van der Waals surface area contributed by atoms with E-state index in [1.807, 2.05) is 0 Å². The minimum atomic E-state index is -6.02. The summed E-state index contributed by atoms with van der Waals surface area (Å²) in [6, 6.07) is 0. The van der Waals surface area contributed by atoms with Crippen molar-refractivity contribution in [1.29, 1.82) is 0 Å². The summed E-state index contributed by atoms with van der Waals surface area (Å²) in [5.74, 6) is -8.91. The van der Waals surface area contributed by atoms with Crippen LogP contribution in [-0.4, -0.2) is 41.7 Å². The molecule has 0 N–H and O–H groups in total. The molecule has 2 aliphatic rings. The molecule has 0 aromatic rings. The van der Waals surface area contributed by atoms with Crippen molar-refractivity contribution in [3.05, 3.63) is 11.3 Å². The maximum atomic E-state index is 13.5. The number of piperidine rings is 1. The molecular formula is C16H20F5NO2. The molecule has 0 aromatic heterocycles. The highest BCUT2D eigenvalue weighted by molar-refractivity contribution is 6.23. The third-order valence-electron chi connectivity index (χ3n) is 4.46. The Morgan fingerprint density at radius 2 is 1.54 bits per heavy atom. The number of carbonyl (C=O) groups is 2. The molecule has 8 heteroatoms. The lowest BCUT2D eigenvalue weighted by atomic mass is 9.73. The van der Waals surface area contributed by atoms with Gasteiger partial charge >= 0.3 is 12.1 Å². The molecule has 1 aliphatic heterocycles. The number of likely N-dealkylation sites (tertiary alicyclic amines) is 1. The number of ketones is 2. The predicted molar refractivity (Wildman–Crippen MR) is 76.5 cm³/mol. The highest BCUT2D eigenvalue weighted by Gasteiger charge is 2.65. The molecule has 3 nitrogen and oxygen atoms in total. The molecule has 0 amide bonds. The molecule has 24 heavy (non-hydrogen) atoms. The lowest BCUT2D eigenvalue weighted by molar-refractivity contribution is -0.266. The quantitative estimate of drug-likeness (QED) is 0.571. The van der Waals surface area contributed by atoms with Crippen LogP contribution in [0.15, 0.2) is 11.3 Å². The second-order valence-corrected chi connectivity index (χ2v) is 7.21. The fourth-order valence-corrected chi connectivity index (χ4v) is 3.27. The summed E-state index contributed by atoms with van der Waals surface area (Å²) in [5, 5.41) is 0. The highest BCUT2D eigenvalue weighted by Crippen LogP contribution is 2.44. The predicted octanol–water partition coefficient (Wildman–Crippen LogP) is 3.88. The highest BCUT2D eigenvalue weighted by atomic mass is 19.4. The van der Waals surface area contributed by atoms with Crippen LogP contribution in [0.2, 0.25) is 0 Å².